The Kier molecular flexibility index (Phi) is 11.5. The normalized spacial score (nSPS) is 11.1. The van der Waals surface area contributed by atoms with Crippen LogP contribution >= 0.6 is 0 Å². The largest absolute Gasteiger partial charge is 0.477 e. The van der Waals surface area contributed by atoms with Crippen LogP contribution in [0.3, 0.4) is 0 Å². The molecule has 1 heterocycles. The lowest BCUT2D eigenvalue weighted by atomic mass is 10.1. The quantitative estimate of drug-likeness (QED) is 0.278. The number of ether oxygens (including phenoxy) is 1. The Morgan fingerprint density at radius 1 is 1.16 bits per heavy atom. The molecule has 0 radical (unpaired) electrons. The number of nitrogens with one attached hydrogen (secondary N) is 2. The van der Waals surface area contributed by atoms with Crippen LogP contribution in [0.25, 0.3) is 0 Å². The third-order valence-electron chi connectivity index (χ3n) is 5.45. The van der Waals surface area contributed by atoms with Crippen LogP contribution in [0.4, 0.5) is 11.5 Å². The molecule has 0 bridgehead atoms. The van der Waals surface area contributed by atoms with E-state index in [2.05, 4.69) is 20.6 Å². The average Bonchev–Trinajstić information content (AvgIpc) is 2.87. The van der Waals surface area contributed by atoms with Crippen LogP contribution in [-0.2, 0) is 22.4 Å². The van der Waals surface area contributed by atoms with E-state index >= 15 is 0 Å². The third-order valence-corrected chi connectivity index (χ3v) is 5.45. The molecule has 0 saturated carbocycles. The summed E-state index contributed by atoms with van der Waals surface area (Å²) in [6, 6.07) is 7.48. The van der Waals surface area contributed by atoms with Crippen molar-refractivity contribution in [2.24, 2.45) is 11.5 Å². The molecule has 2 rings (SSSR count). The number of nitrogens with two attached hydrogens (primary N) is 2. The van der Waals surface area contributed by atoms with Gasteiger partial charge in [0.1, 0.15) is 5.69 Å². The Labute approximate surface area is 217 Å². The van der Waals surface area contributed by atoms with Crippen LogP contribution in [0, 0.1) is 0 Å². The fourth-order valence-corrected chi connectivity index (χ4v) is 3.60. The molecule has 0 saturated heterocycles. The lowest BCUT2D eigenvalue weighted by molar-refractivity contribution is -0.132. The van der Waals surface area contributed by atoms with E-state index in [1.165, 1.54) is 4.90 Å². The zero-order chi connectivity index (χ0) is 27.4. The number of amides is 3. The third kappa shape index (κ3) is 8.57. The van der Waals surface area contributed by atoms with E-state index in [1.54, 1.807) is 13.1 Å². The van der Waals surface area contributed by atoms with Crippen LogP contribution in [-0.4, -0.2) is 65.9 Å². The number of anilines is 2. The summed E-state index contributed by atoms with van der Waals surface area (Å²) in [4.78, 5) is 46.9. The molecule has 3 amide bonds. The topological polar surface area (TPSA) is 166 Å². The van der Waals surface area contributed by atoms with Crippen molar-refractivity contribution in [1.29, 1.82) is 0 Å². The Balaban J connectivity index is 2.03. The van der Waals surface area contributed by atoms with Crippen molar-refractivity contribution in [1.82, 2.24) is 20.2 Å². The first-order valence-electron chi connectivity index (χ1n) is 12.3. The van der Waals surface area contributed by atoms with E-state index in [0.29, 0.717) is 55.2 Å². The van der Waals surface area contributed by atoms with Crippen molar-refractivity contribution in [3.8, 4) is 5.88 Å². The summed E-state index contributed by atoms with van der Waals surface area (Å²) in [5, 5.41) is 5.94. The summed E-state index contributed by atoms with van der Waals surface area (Å²) in [7, 11) is 1.59. The van der Waals surface area contributed by atoms with Gasteiger partial charge in [0.2, 0.25) is 17.7 Å². The number of likely N-dealkylation sites (N-methyl/N-ethyl adjacent to an activating group) is 1. The monoisotopic (exact) mass is 511 g/mol. The molecule has 200 valence electrons. The van der Waals surface area contributed by atoms with Gasteiger partial charge < -0.3 is 31.7 Å². The number of aromatic nitrogens is 2. The summed E-state index contributed by atoms with van der Waals surface area (Å²) < 4.78 is 5.57. The number of hydrogen-bond donors (Lipinski definition) is 4. The van der Waals surface area contributed by atoms with Crippen molar-refractivity contribution >= 4 is 29.2 Å². The first kappa shape index (κ1) is 29.2. The zero-order valence-electron chi connectivity index (χ0n) is 22.0. The summed E-state index contributed by atoms with van der Waals surface area (Å²) >= 11 is 0. The number of nitrogens with zero attached hydrogens (tertiary/aromatic N) is 3. The van der Waals surface area contributed by atoms with Gasteiger partial charge in [0.05, 0.1) is 13.2 Å². The van der Waals surface area contributed by atoms with E-state index in [-0.39, 0.29) is 36.4 Å². The van der Waals surface area contributed by atoms with Gasteiger partial charge in [-0.15, -0.1) is 0 Å². The van der Waals surface area contributed by atoms with Crippen LogP contribution in [0.5, 0.6) is 5.88 Å². The highest BCUT2D eigenvalue weighted by Gasteiger charge is 2.18. The predicted molar refractivity (Wildman–Crippen MR) is 143 cm³/mol. The predicted octanol–water partition coefficient (Wildman–Crippen LogP) is 1.69. The van der Waals surface area contributed by atoms with Gasteiger partial charge in [0.15, 0.2) is 11.5 Å². The molecule has 6 N–H and O–H groups in total. The minimum Gasteiger partial charge on any atom is -0.477 e. The number of primary amides is 1. The highest BCUT2D eigenvalue weighted by molar-refractivity contribution is 5.96. The molecule has 11 nitrogen and oxygen atoms in total. The van der Waals surface area contributed by atoms with E-state index in [9.17, 15) is 14.4 Å². The molecule has 2 aromatic rings. The summed E-state index contributed by atoms with van der Waals surface area (Å²) in [5.74, 6) is -0.598. The van der Waals surface area contributed by atoms with Gasteiger partial charge in [0.25, 0.3) is 5.91 Å². The first-order chi connectivity index (χ1) is 17.7. The van der Waals surface area contributed by atoms with Crippen LogP contribution < -0.4 is 26.8 Å². The molecule has 0 spiro atoms. The molecular weight excluding hydrogens is 474 g/mol. The molecule has 0 aliphatic heterocycles. The number of aryl methyl sites for hydroxylation is 1. The second-order valence-corrected chi connectivity index (χ2v) is 8.23. The smallest absolute Gasteiger partial charge is 0.271 e. The van der Waals surface area contributed by atoms with E-state index in [0.717, 1.165) is 5.56 Å². The number of carbonyl (C=O) groups excluding carboxylic acids is 3. The van der Waals surface area contributed by atoms with E-state index in [1.807, 2.05) is 45.0 Å². The zero-order valence-corrected chi connectivity index (χ0v) is 22.0. The fraction of sp³-hybridized carbons (Fsp3) is 0.423. The standard InChI is InChI=1S/C26H37N7O4/c1-5-18(11-13-27)26(36)33(4)16-21(34)29-14-12-17-9-8-10-19(15-17)30-24-22(23(28)35)31-20(6-2)25(32-24)37-7-3/h8-11,15H,5-7,12-14,16,27H2,1-4H3,(H2,28,35)(H,29,34)(H,30,32)/b18-11+. The molecule has 37 heavy (non-hydrogen) atoms. The minimum absolute atomic E-state index is 0.0316. The number of rotatable bonds is 14. The fourth-order valence-electron chi connectivity index (χ4n) is 3.60. The van der Waals surface area contributed by atoms with Crippen molar-refractivity contribution in [3.05, 3.63) is 52.9 Å². The van der Waals surface area contributed by atoms with Gasteiger partial charge in [-0.25, -0.2) is 4.98 Å². The molecular formula is C26H37N7O4. The maximum absolute atomic E-state index is 12.4. The number of carbonyl (C=O) groups is 3. The highest BCUT2D eigenvalue weighted by Crippen LogP contribution is 2.24. The van der Waals surface area contributed by atoms with Crippen molar-refractivity contribution < 1.29 is 19.1 Å². The van der Waals surface area contributed by atoms with Gasteiger partial charge in [0, 0.05) is 31.4 Å². The second-order valence-electron chi connectivity index (χ2n) is 8.23. The Hall–Kier alpha value is -3.99. The first-order valence-corrected chi connectivity index (χ1v) is 12.3. The Bertz CT molecular complexity index is 1130. The summed E-state index contributed by atoms with van der Waals surface area (Å²) in [5.41, 5.74) is 13.8. The SMILES string of the molecule is CCOc1nc(Nc2cccc(CCNC(=O)CN(C)C(=O)/C(=C/CN)CC)c2)c(C(N)=O)nc1CC. The molecule has 1 aromatic heterocycles. The van der Waals surface area contributed by atoms with Gasteiger partial charge in [-0.05, 0) is 43.9 Å². The minimum atomic E-state index is -0.695. The molecule has 0 atom stereocenters. The summed E-state index contributed by atoms with van der Waals surface area (Å²) in [6.07, 6.45) is 3.32. The van der Waals surface area contributed by atoms with Gasteiger partial charge in [-0.2, -0.15) is 4.98 Å². The number of benzene rings is 1. The molecule has 11 heteroatoms. The van der Waals surface area contributed by atoms with Crippen LogP contribution in [0.1, 0.15) is 48.9 Å². The lowest BCUT2D eigenvalue weighted by Crippen LogP contribution is -2.39. The molecule has 0 aliphatic rings. The highest BCUT2D eigenvalue weighted by atomic mass is 16.5. The molecule has 1 aromatic carbocycles. The molecule has 0 aliphatic carbocycles. The Morgan fingerprint density at radius 2 is 1.92 bits per heavy atom. The maximum atomic E-state index is 12.4. The van der Waals surface area contributed by atoms with Crippen molar-refractivity contribution in [3.63, 3.8) is 0 Å². The van der Waals surface area contributed by atoms with Crippen molar-refractivity contribution in [2.45, 2.75) is 40.0 Å². The van der Waals surface area contributed by atoms with Crippen LogP contribution in [0.2, 0.25) is 0 Å². The van der Waals surface area contributed by atoms with Crippen LogP contribution in [0.15, 0.2) is 35.9 Å². The van der Waals surface area contributed by atoms with E-state index in [4.69, 9.17) is 16.2 Å². The molecule has 0 unspecified atom stereocenters. The van der Waals surface area contributed by atoms with Gasteiger partial charge >= 0.3 is 0 Å². The van der Waals surface area contributed by atoms with E-state index < -0.39 is 5.91 Å². The molecule has 0 fully saturated rings. The second kappa shape index (κ2) is 14.5. The lowest BCUT2D eigenvalue weighted by Gasteiger charge is -2.18. The van der Waals surface area contributed by atoms with Gasteiger partial charge in [-0.1, -0.05) is 32.1 Å². The van der Waals surface area contributed by atoms with Crippen molar-refractivity contribution in [2.75, 3.05) is 38.6 Å². The average molecular weight is 512 g/mol. The van der Waals surface area contributed by atoms with Gasteiger partial charge in [-0.3, -0.25) is 14.4 Å². The number of hydrogen-bond acceptors (Lipinski definition) is 8. The Morgan fingerprint density at radius 3 is 2.54 bits per heavy atom. The summed E-state index contributed by atoms with van der Waals surface area (Å²) in [6.45, 7) is 6.63. The maximum Gasteiger partial charge on any atom is 0.271 e.